The summed E-state index contributed by atoms with van der Waals surface area (Å²) >= 11 is 0. The van der Waals surface area contributed by atoms with Gasteiger partial charge in [0.25, 0.3) is 0 Å². The number of hydrogen-bond acceptors (Lipinski definition) is 2. The third kappa shape index (κ3) is 3.68. The van der Waals surface area contributed by atoms with Gasteiger partial charge >= 0.3 is 0 Å². The zero-order valence-corrected chi connectivity index (χ0v) is 18.8. The zero-order valence-electron chi connectivity index (χ0n) is 18.8. The molecule has 0 aliphatic carbocycles. The zero-order chi connectivity index (χ0) is 19.1. The molecule has 2 aliphatic rings. The number of likely N-dealkylation sites (tertiary alicyclic amines) is 2. The molecule has 148 valence electrons. The molecule has 2 heterocycles. The van der Waals surface area contributed by atoms with Gasteiger partial charge in [0.2, 0.25) is 0 Å². The van der Waals surface area contributed by atoms with E-state index in [1.165, 1.54) is 25.7 Å². The average molecular weight is 351 g/mol. The Hall–Kier alpha value is -0.0800. The Balaban J connectivity index is 2.46. The standard InChI is InChI=1S/C23H46N2/c1-15-11-19(5)24(9)20(6)12-16(2)23(15)17(3)13-21(7)25(10)22(8)14-18(23)4/h15-22H,11-14H2,1-10H3. The highest BCUT2D eigenvalue weighted by molar-refractivity contribution is 5.02. The summed E-state index contributed by atoms with van der Waals surface area (Å²) in [4.78, 5) is 5.27. The van der Waals surface area contributed by atoms with Crippen LogP contribution in [0.4, 0.5) is 0 Å². The van der Waals surface area contributed by atoms with Gasteiger partial charge in [0.15, 0.2) is 0 Å². The topological polar surface area (TPSA) is 6.48 Å². The van der Waals surface area contributed by atoms with Crippen LogP contribution in [0.25, 0.3) is 0 Å². The molecule has 2 rings (SSSR count). The summed E-state index contributed by atoms with van der Waals surface area (Å²) in [6.45, 7) is 20.2. The van der Waals surface area contributed by atoms with E-state index in [1.54, 1.807) is 0 Å². The SMILES string of the molecule is CC1CC(C)C2(C(C)CC(C)N1C)C(C)CC(C)N(C)C(C)CC2C. The quantitative estimate of drug-likeness (QED) is 0.567. The van der Waals surface area contributed by atoms with E-state index in [-0.39, 0.29) is 0 Å². The number of rotatable bonds is 0. The third-order valence-electron chi connectivity index (χ3n) is 8.97. The third-order valence-corrected chi connectivity index (χ3v) is 8.97. The Labute approximate surface area is 158 Å². The van der Waals surface area contributed by atoms with Crippen molar-refractivity contribution in [3.63, 3.8) is 0 Å². The van der Waals surface area contributed by atoms with Gasteiger partial charge in [0.1, 0.15) is 0 Å². The lowest BCUT2D eigenvalue weighted by Gasteiger charge is -2.58. The monoisotopic (exact) mass is 350 g/mol. The van der Waals surface area contributed by atoms with Crippen molar-refractivity contribution in [1.82, 2.24) is 9.80 Å². The molecule has 8 unspecified atom stereocenters. The molecular weight excluding hydrogens is 304 g/mol. The van der Waals surface area contributed by atoms with Crippen LogP contribution in [-0.4, -0.2) is 48.1 Å². The molecule has 2 fully saturated rings. The van der Waals surface area contributed by atoms with Gasteiger partial charge in [-0.25, -0.2) is 0 Å². The molecule has 2 aliphatic heterocycles. The highest BCUT2D eigenvalue weighted by Gasteiger charge is 2.52. The van der Waals surface area contributed by atoms with Crippen molar-refractivity contribution in [2.75, 3.05) is 14.1 Å². The molecule has 0 bridgehead atoms. The highest BCUT2D eigenvalue weighted by atomic mass is 15.2. The van der Waals surface area contributed by atoms with Gasteiger partial charge in [0.05, 0.1) is 0 Å². The van der Waals surface area contributed by atoms with Crippen LogP contribution < -0.4 is 0 Å². The van der Waals surface area contributed by atoms with E-state index >= 15 is 0 Å². The van der Waals surface area contributed by atoms with Crippen LogP contribution >= 0.6 is 0 Å². The molecular formula is C23H46N2. The second kappa shape index (κ2) is 7.89. The minimum Gasteiger partial charge on any atom is -0.301 e. The fourth-order valence-corrected chi connectivity index (χ4v) is 7.31. The predicted octanol–water partition coefficient (Wildman–Crippen LogP) is 5.52. The molecule has 0 saturated carbocycles. The Morgan fingerprint density at radius 3 is 0.880 bits per heavy atom. The van der Waals surface area contributed by atoms with E-state index < -0.39 is 0 Å². The molecule has 0 aromatic carbocycles. The molecule has 0 radical (unpaired) electrons. The summed E-state index contributed by atoms with van der Waals surface area (Å²) in [5, 5.41) is 0. The highest BCUT2D eigenvalue weighted by Crippen LogP contribution is 2.56. The molecule has 2 saturated heterocycles. The molecule has 0 amide bonds. The van der Waals surface area contributed by atoms with Gasteiger partial charge in [-0.3, -0.25) is 0 Å². The van der Waals surface area contributed by atoms with Crippen LogP contribution in [0.1, 0.15) is 81.1 Å². The predicted molar refractivity (Wildman–Crippen MR) is 111 cm³/mol. The van der Waals surface area contributed by atoms with Gasteiger partial charge < -0.3 is 9.80 Å². The lowest BCUT2D eigenvalue weighted by Crippen LogP contribution is -2.56. The smallest absolute Gasteiger partial charge is 0.00694 e. The minimum atomic E-state index is 0.480. The van der Waals surface area contributed by atoms with Gasteiger partial charge in [-0.1, -0.05) is 27.7 Å². The first-order valence-electron chi connectivity index (χ1n) is 11.0. The van der Waals surface area contributed by atoms with Gasteiger partial charge in [0, 0.05) is 24.2 Å². The first-order valence-corrected chi connectivity index (χ1v) is 11.0. The Kier molecular flexibility index (Phi) is 6.69. The largest absolute Gasteiger partial charge is 0.301 e. The van der Waals surface area contributed by atoms with Crippen molar-refractivity contribution in [3.8, 4) is 0 Å². The van der Waals surface area contributed by atoms with Crippen LogP contribution in [0, 0.1) is 29.1 Å². The van der Waals surface area contributed by atoms with Crippen molar-refractivity contribution in [2.24, 2.45) is 29.1 Å². The van der Waals surface area contributed by atoms with E-state index in [0.717, 1.165) is 23.7 Å². The molecule has 8 atom stereocenters. The molecule has 0 aromatic heterocycles. The lowest BCUT2D eigenvalue weighted by molar-refractivity contribution is -0.0977. The number of hydrogen-bond donors (Lipinski definition) is 0. The molecule has 25 heavy (non-hydrogen) atoms. The fourth-order valence-electron chi connectivity index (χ4n) is 7.31. The summed E-state index contributed by atoms with van der Waals surface area (Å²) < 4.78 is 0. The molecule has 2 nitrogen and oxygen atoms in total. The second-order valence-corrected chi connectivity index (χ2v) is 10.3. The maximum Gasteiger partial charge on any atom is 0.00694 e. The average Bonchev–Trinajstić information content (AvgIpc) is 2.51. The Bertz CT molecular complexity index is 354. The molecule has 1 spiro atoms. The maximum atomic E-state index is 2.64. The number of nitrogens with zero attached hydrogens (tertiary/aromatic N) is 2. The van der Waals surface area contributed by atoms with Crippen molar-refractivity contribution in [1.29, 1.82) is 0 Å². The van der Waals surface area contributed by atoms with Crippen LogP contribution in [0.3, 0.4) is 0 Å². The van der Waals surface area contributed by atoms with Crippen molar-refractivity contribution in [3.05, 3.63) is 0 Å². The van der Waals surface area contributed by atoms with E-state index in [1.807, 2.05) is 0 Å². The Morgan fingerprint density at radius 2 is 0.680 bits per heavy atom. The van der Waals surface area contributed by atoms with E-state index in [9.17, 15) is 0 Å². The normalized spacial score (nSPS) is 51.6. The summed E-state index contributed by atoms with van der Waals surface area (Å²) in [6.07, 6.45) is 5.38. The van der Waals surface area contributed by atoms with Crippen LogP contribution in [0.5, 0.6) is 0 Å². The summed E-state index contributed by atoms with van der Waals surface area (Å²) in [7, 11) is 4.69. The lowest BCUT2D eigenvalue weighted by atomic mass is 9.50. The minimum absolute atomic E-state index is 0.480. The summed E-state index contributed by atoms with van der Waals surface area (Å²) in [5.41, 5.74) is 0.480. The Morgan fingerprint density at radius 1 is 0.480 bits per heavy atom. The summed E-state index contributed by atoms with van der Waals surface area (Å²) in [6, 6.07) is 2.77. The van der Waals surface area contributed by atoms with E-state index in [2.05, 4.69) is 79.3 Å². The summed E-state index contributed by atoms with van der Waals surface area (Å²) in [5.74, 6) is 3.17. The second-order valence-electron chi connectivity index (χ2n) is 10.3. The molecule has 2 heteroatoms. The first-order chi connectivity index (χ1) is 11.5. The van der Waals surface area contributed by atoms with Gasteiger partial charge in [-0.2, -0.15) is 0 Å². The molecule has 0 N–H and O–H groups in total. The van der Waals surface area contributed by atoms with Crippen LogP contribution in [0.15, 0.2) is 0 Å². The van der Waals surface area contributed by atoms with Crippen LogP contribution in [0.2, 0.25) is 0 Å². The molecule has 0 aromatic rings. The van der Waals surface area contributed by atoms with Crippen molar-refractivity contribution >= 4 is 0 Å². The van der Waals surface area contributed by atoms with E-state index in [0.29, 0.717) is 29.6 Å². The fraction of sp³-hybridized carbons (Fsp3) is 1.00. The van der Waals surface area contributed by atoms with Crippen molar-refractivity contribution < 1.29 is 0 Å². The van der Waals surface area contributed by atoms with Crippen molar-refractivity contribution in [2.45, 2.75) is 105 Å². The van der Waals surface area contributed by atoms with E-state index in [4.69, 9.17) is 0 Å². The van der Waals surface area contributed by atoms with Gasteiger partial charge in [-0.05, 0) is 96.6 Å². The van der Waals surface area contributed by atoms with Crippen LogP contribution in [-0.2, 0) is 0 Å². The maximum absolute atomic E-state index is 2.64. The first kappa shape index (κ1) is 21.2. The van der Waals surface area contributed by atoms with Gasteiger partial charge in [-0.15, -0.1) is 0 Å².